The smallest absolute Gasteiger partial charge is 0.238 e. The summed E-state index contributed by atoms with van der Waals surface area (Å²) in [5, 5.41) is 6.30. The number of benzene rings is 2. The average Bonchev–Trinajstić information content (AvgIpc) is 2.72. The Morgan fingerprint density at radius 2 is 1.70 bits per heavy atom. The molecule has 4 nitrogen and oxygen atoms in total. The number of hydrogen-bond donors (Lipinski definition) is 2. The van der Waals surface area contributed by atoms with Crippen LogP contribution >= 0.6 is 0 Å². The number of rotatable bonds is 9. The van der Waals surface area contributed by atoms with Crippen molar-refractivity contribution in [3.8, 4) is 5.75 Å². The van der Waals surface area contributed by atoms with Crippen LogP contribution in [0, 0.1) is 0 Å². The molecule has 0 aliphatic heterocycles. The molecule has 1 fully saturated rings. The molecular weight excluding hydrogens is 336 g/mol. The molecule has 0 unspecified atom stereocenters. The van der Waals surface area contributed by atoms with Gasteiger partial charge in [-0.05, 0) is 55.5 Å². The first-order valence-electron chi connectivity index (χ1n) is 10.1. The van der Waals surface area contributed by atoms with Gasteiger partial charge in [-0.25, -0.2) is 0 Å². The summed E-state index contributed by atoms with van der Waals surface area (Å²) in [4.78, 5) is 12.1. The van der Waals surface area contributed by atoms with Crippen molar-refractivity contribution >= 4 is 11.6 Å². The minimum atomic E-state index is 0.0112. The molecule has 0 atom stereocenters. The molecule has 2 N–H and O–H groups in total. The van der Waals surface area contributed by atoms with E-state index in [0.29, 0.717) is 19.2 Å². The number of carbonyl (C=O) groups is 1. The number of ether oxygens (including phenoxy) is 1. The van der Waals surface area contributed by atoms with Gasteiger partial charge < -0.3 is 15.4 Å². The highest BCUT2D eigenvalue weighted by molar-refractivity contribution is 5.92. The topological polar surface area (TPSA) is 50.4 Å². The lowest BCUT2D eigenvalue weighted by molar-refractivity contribution is -0.115. The molecule has 4 heteroatoms. The van der Waals surface area contributed by atoms with Crippen LogP contribution in [0.25, 0.3) is 0 Å². The summed E-state index contributed by atoms with van der Waals surface area (Å²) in [6, 6.07) is 18.5. The molecule has 2 aromatic carbocycles. The van der Waals surface area contributed by atoms with E-state index in [1.54, 1.807) is 0 Å². The summed E-state index contributed by atoms with van der Waals surface area (Å²) in [6.45, 7) is 1.06. The lowest BCUT2D eigenvalue weighted by atomic mass is 9.95. The maximum atomic E-state index is 12.1. The van der Waals surface area contributed by atoms with Gasteiger partial charge in [0.1, 0.15) is 5.75 Å². The Balaban J connectivity index is 1.33. The Kier molecular flexibility index (Phi) is 7.72. The van der Waals surface area contributed by atoms with Gasteiger partial charge in [0, 0.05) is 11.7 Å². The third-order valence-corrected chi connectivity index (χ3v) is 5.02. The highest BCUT2D eigenvalue weighted by atomic mass is 16.5. The van der Waals surface area contributed by atoms with Crippen molar-refractivity contribution in [2.45, 2.75) is 51.0 Å². The zero-order valence-electron chi connectivity index (χ0n) is 16.0. The van der Waals surface area contributed by atoms with Gasteiger partial charge in [-0.15, -0.1) is 0 Å². The van der Waals surface area contributed by atoms with Gasteiger partial charge in [0.2, 0.25) is 5.91 Å². The van der Waals surface area contributed by atoms with E-state index in [2.05, 4.69) is 34.9 Å². The van der Waals surface area contributed by atoms with E-state index in [9.17, 15) is 4.79 Å². The van der Waals surface area contributed by atoms with Crippen LogP contribution in [0.15, 0.2) is 54.6 Å². The molecule has 3 rings (SSSR count). The fourth-order valence-electron chi connectivity index (χ4n) is 3.49. The van der Waals surface area contributed by atoms with E-state index >= 15 is 0 Å². The van der Waals surface area contributed by atoms with Crippen LogP contribution in [0.5, 0.6) is 5.75 Å². The van der Waals surface area contributed by atoms with Gasteiger partial charge in [-0.2, -0.15) is 0 Å². The molecule has 0 saturated heterocycles. The number of nitrogens with one attached hydrogen (secondary N) is 2. The summed E-state index contributed by atoms with van der Waals surface area (Å²) in [6.07, 6.45) is 8.23. The van der Waals surface area contributed by atoms with E-state index in [1.165, 1.54) is 37.7 Å². The molecule has 0 bridgehead atoms. The second-order valence-corrected chi connectivity index (χ2v) is 7.23. The second-order valence-electron chi connectivity index (χ2n) is 7.23. The highest BCUT2D eigenvalue weighted by Gasteiger charge is 2.13. The monoisotopic (exact) mass is 366 g/mol. The van der Waals surface area contributed by atoms with Crippen molar-refractivity contribution < 1.29 is 9.53 Å². The molecule has 2 aromatic rings. The minimum absolute atomic E-state index is 0.0112. The minimum Gasteiger partial charge on any atom is -0.494 e. The Labute approximate surface area is 162 Å². The lowest BCUT2D eigenvalue weighted by Gasteiger charge is -2.22. The van der Waals surface area contributed by atoms with Crippen molar-refractivity contribution in [1.29, 1.82) is 0 Å². The Bertz CT molecular complexity index is 679. The summed E-state index contributed by atoms with van der Waals surface area (Å²) < 4.78 is 5.79. The van der Waals surface area contributed by atoms with Crippen LogP contribution in [0.2, 0.25) is 0 Å². The fraction of sp³-hybridized carbons (Fsp3) is 0.435. The van der Waals surface area contributed by atoms with Crippen LogP contribution in [0.1, 0.15) is 44.1 Å². The van der Waals surface area contributed by atoms with Gasteiger partial charge in [-0.3, -0.25) is 4.79 Å². The Morgan fingerprint density at radius 3 is 2.44 bits per heavy atom. The summed E-state index contributed by atoms with van der Waals surface area (Å²) in [7, 11) is 0. The Hall–Kier alpha value is -2.33. The molecule has 27 heavy (non-hydrogen) atoms. The largest absolute Gasteiger partial charge is 0.494 e. The molecule has 0 radical (unpaired) electrons. The van der Waals surface area contributed by atoms with E-state index in [-0.39, 0.29) is 5.91 Å². The van der Waals surface area contributed by atoms with Crippen LogP contribution < -0.4 is 15.4 Å². The normalized spacial score (nSPS) is 14.7. The number of anilines is 1. The van der Waals surface area contributed by atoms with Gasteiger partial charge in [0.05, 0.1) is 13.2 Å². The van der Waals surface area contributed by atoms with Gasteiger partial charge in [0.25, 0.3) is 0 Å². The van der Waals surface area contributed by atoms with E-state index in [1.807, 2.05) is 30.3 Å². The summed E-state index contributed by atoms with van der Waals surface area (Å²) in [5.74, 6) is 0.846. The predicted octanol–water partition coefficient (Wildman–Crippen LogP) is 4.56. The highest BCUT2D eigenvalue weighted by Crippen LogP contribution is 2.18. The molecule has 0 heterocycles. The number of carbonyl (C=O) groups excluding carboxylic acids is 1. The molecule has 1 aliphatic carbocycles. The van der Waals surface area contributed by atoms with Gasteiger partial charge in [-0.1, -0.05) is 49.6 Å². The quantitative estimate of drug-likeness (QED) is 0.640. The first-order valence-corrected chi connectivity index (χ1v) is 10.1. The molecule has 0 spiro atoms. The maximum Gasteiger partial charge on any atom is 0.238 e. The molecule has 1 aliphatic rings. The predicted molar refractivity (Wildman–Crippen MR) is 110 cm³/mol. The lowest BCUT2D eigenvalue weighted by Crippen LogP contribution is -2.37. The van der Waals surface area contributed by atoms with Gasteiger partial charge in [0.15, 0.2) is 0 Å². The summed E-state index contributed by atoms with van der Waals surface area (Å²) in [5.41, 5.74) is 2.14. The molecule has 1 amide bonds. The number of hydrogen-bond acceptors (Lipinski definition) is 3. The van der Waals surface area contributed by atoms with Crippen molar-refractivity contribution in [2.75, 3.05) is 18.5 Å². The summed E-state index contributed by atoms with van der Waals surface area (Å²) >= 11 is 0. The standard InChI is InChI=1S/C23H30N2O2/c26-23(18-24-20-11-5-2-6-12-20)25-21-13-15-22(16-14-21)27-17-7-10-19-8-3-1-4-9-19/h1,3-4,8-9,13-16,20,24H,2,5-7,10-12,17-18H2,(H,25,26). The third-order valence-electron chi connectivity index (χ3n) is 5.02. The molecule has 0 aromatic heterocycles. The molecule has 1 saturated carbocycles. The van der Waals surface area contributed by atoms with Crippen LogP contribution in [0.3, 0.4) is 0 Å². The third kappa shape index (κ3) is 7.06. The Morgan fingerprint density at radius 1 is 0.963 bits per heavy atom. The van der Waals surface area contributed by atoms with Crippen molar-refractivity contribution in [2.24, 2.45) is 0 Å². The number of aryl methyl sites for hydroxylation is 1. The van der Waals surface area contributed by atoms with Crippen LogP contribution in [-0.4, -0.2) is 25.1 Å². The van der Waals surface area contributed by atoms with Crippen molar-refractivity contribution in [1.82, 2.24) is 5.32 Å². The molecular formula is C23H30N2O2. The van der Waals surface area contributed by atoms with E-state index in [4.69, 9.17) is 4.74 Å². The fourth-order valence-corrected chi connectivity index (χ4v) is 3.49. The SMILES string of the molecule is O=C(CNC1CCCCC1)Nc1ccc(OCCCc2ccccc2)cc1. The van der Waals surface area contributed by atoms with Gasteiger partial charge >= 0.3 is 0 Å². The maximum absolute atomic E-state index is 12.1. The average molecular weight is 367 g/mol. The van der Waals surface area contributed by atoms with Crippen LogP contribution in [0.4, 0.5) is 5.69 Å². The second kappa shape index (κ2) is 10.7. The first kappa shape index (κ1) is 19.4. The zero-order valence-corrected chi connectivity index (χ0v) is 16.0. The van der Waals surface area contributed by atoms with E-state index in [0.717, 1.165) is 24.3 Å². The zero-order chi connectivity index (χ0) is 18.7. The first-order chi connectivity index (χ1) is 13.3. The molecule has 144 valence electrons. The van der Waals surface area contributed by atoms with Crippen LogP contribution in [-0.2, 0) is 11.2 Å². The van der Waals surface area contributed by atoms with E-state index < -0.39 is 0 Å². The van der Waals surface area contributed by atoms with Crippen molar-refractivity contribution in [3.05, 3.63) is 60.2 Å². The van der Waals surface area contributed by atoms with Crippen molar-refractivity contribution in [3.63, 3.8) is 0 Å². The number of amides is 1.